The Kier molecular flexibility index (Phi) is 5.30. The summed E-state index contributed by atoms with van der Waals surface area (Å²) in [4.78, 5) is 12.1. The van der Waals surface area contributed by atoms with Gasteiger partial charge in [0.05, 0.1) is 5.69 Å². The summed E-state index contributed by atoms with van der Waals surface area (Å²) in [6, 6.07) is 3.95. The standard InChI is InChI=1S/C14H19FN2O3S/c1-9(21(19)11-4-6-20-7-5-11)14(18)17-10-2-3-12(15)13(16)8-10/h2-3,8-9,11H,4-7,16H2,1H3,(H,17,18). The van der Waals surface area contributed by atoms with E-state index in [0.717, 1.165) is 0 Å². The molecule has 1 fully saturated rings. The van der Waals surface area contributed by atoms with E-state index >= 15 is 0 Å². The molecule has 0 aliphatic carbocycles. The SMILES string of the molecule is CC(C(=O)Nc1ccc(F)c(N)c1)S(=O)C1CCOCC1. The minimum atomic E-state index is -1.26. The van der Waals surface area contributed by atoms with Crippen molar-refractivity contribution in [3.8, 4) is 0 Å². The molecule has 1 amide bonds. The molecule has 2 rings (SSSR count). The normalized spacial score (nSPS) is 19.0. The minimum Gasteiger partial charge on any atom is -0.396 e. The number of hydrogen-bond donors (Lipinski definition) is 2. The first kappa shape index (κ1) is 15.9. The number of ether oxygens (including phenoxy) is 1. The Hall–Kier alpha value is -1.47. The molecular weight excluding hydrogens is 295 g/mol. The fraction of sp³-hybridized carbons (Fsp3) is 0.500. The molecule has 1 heterocycles. The second-order valence-corrected chi connectivity index (χ2v) is 7.04. The number of carbonyl (C=O) groups is 1. The Labute approximate surface area is 125 Å². The van der Waals surface area contributed by atoms with Gasteiger partial charge in [-0.2, -0.15) is 0 Å². The third-order valence-electron chi connectivity index (χ3n) is 3.48. The van der Waals surface area contributed by atoms with Crippen molar-refractivity contribution in [3.63, 3.8) is 0 Å². The predicted molar refractivity (Wildman–Crippen MR) is 80.9 cm³/mol. The number of halogens is 1. The molecule has 0 bridgehead atoms. The van der Waals surface area contributed by atoms with E-state index in [9.17, 15) is 13.4 Å². The number of benzene rings is 1. The lowest BCUT2D eigenvalue weighted by molar-refractivity contribution is -0.115. The average molecular weight is 314 g/mol. The monoisotopic (exact) mass is 314 g/mol. The van der Waals surface area contributed by atoms with Crippen LogP contribution in [-0.2, 0) is 20.3 Å². The van der Waals surface area contributed by atoms with Crippen molar-refractivity contribution in [2.75, 3.05) is 24.3 Å². The molecule has 0 spiro atoms. The lowest BCUT2D eigenvalue weighted by Gasteiger charge is -2.24. The molecule has 0 aromatic heterocycles. The highest BCUT2D eigenvalue weighted by Gasteiger charge is 2.28. The molecule has 3 N–H and O–H groups in total. The van der Waals surface area contributed by atoms with Crippen LogP contribution >= 0.6 is 0 Å². The van der Waals surface area contributed by atoms with Crippen molar-refractivity contribution in [1.82, 2.24) is 0 Å². The number of nitrogens with one attached hydrogen (secondary N) is 1. The summed E-state index contributed by atoms with van der Waals surface area (Å²) in [5, 5.41) is 1.96. The zero-order valence-corrected chi connectivity index (χ0v) is 12.6. The summed E-state index contributed by atoms with van der Waals surface area (Å²) < 4.78 is 30.7. The summed E-state index contributed by atoms with van der Waals surface area (Å²) in [6.07, 6.45) is 1.40. The third-order valence-corrected chi connectivity index (χ3v) is 5.52. The Balaban J connectivity index is 1.98. The van der Waals surface area contributed by atoms with Gasteiger partial charge in [-0.25, -0.2) is 4.39 Å². The predicted octanol–water partition coefficient (Wildman–Crippen LogP) is 1.66. The van der Waals surface area contributed by atoms with Crippen molar-refractivity contribution in [2.24, 2.45) is 0 Å². The van der Waals surface area contributed by atoms with Crippen LogP contribution in [0.2, 0.25) is 0 Å². The van der Waals surface area contributed by atoms with Gasteiger partial charge in [0, 0.05) is 35.0 Å². The third kappa shape index (κ3) is 4.01. The fourth-order valence-electron chi connectivity index (χ4n) is 2.17. The van der Waals surface area contributed by atoms with Gasteiger partial charge < -0.3 is 15.8 Å². The van der Waals surface area contributed by atoms with Crippen LogP contribution in [0.4, 0.5) is 15.8 Å². The van der Waals surface area contributed by atoms with Gasteiger partial charge in [-0.3, -0.25) is 9.00 Å². The van der Waals surface area contributed by atoms with Gasteiger partial charge in [0.2, 0.25) is 5.91 Å². The van der Waals surface area contributed by atoms with Crippen LogP contribution in [0.3, 0.4) is 0 Å². The van der Waals surface area contributed by atoms with Crippen molar-refractivity contribution in [2.45, 2.75) is 30.3 Å². The van der Waals surface area contributed by atoms with Gasteiger partial charge in [0.15, 0.2) is 0 Å². The van der Waals surface area contributed by atoms with Crippen molar-refractivity contribution in [3.05, 3.63) is 24.0 Å². The molecule has 0 radical (unpaired) electrons. The van der Waals surface area contributed by atoms with Gasteiger partial charge in [0.25, 0.3) is 0 Å². The maximum absolute atomic E-state index is 13.1. The molecule has 1 aliphatic rings. The first-order chi connectivity index (χ1) is 9.99. The first-order valence-electron chi connectivity index (χ1n) is 6.82. The number of nitrogens with two attached hydrogens (primary N) is 1. The summed E-state index contributed by atoms with van der Waals surface area (Å²) >= 11 is 0. The second-order valence-electron chi connectivity index (χ2n) is 5.01. The van der Waals surface area contributed by atoms with Gasteiger partial charge in [-0.1, -0.05) is 0 Å². The molecule has 1 aromatic carbocycles. The highest BCUT2D eigenvalue weighted by atomic mass is 32.2. The van der Waals surface area contributed by atoms with Crippen LogP contribution in [0.15, 0.2) is 18.2 Å². The highest BCUT2D eigenvalue weighted by molar-refractivity contribution is 7.87. The molecule has 1 saturated heterocycles. The van der Waals surface area contributed by atoms with E-state index in [4.69, 9.17) is 10.5 Å². The fourth-order valence-corrected chi connectivity index (χ4v) is 3.67. The Morgan fingerprint density at radius 2 is 2.14 bits per heavy atom. The van der Waals surface area contributed by atoms with E-state index in [0.29, 0.717) is 31.7 Å². The summed E-state index contributed by atoms with van der Waals surface area (Å²) in [7, 11) is -1.26. The number of rotatable bonds is 4. The number of amides is 1. The van der Waals surface area contributed by atoms with Crippen molar-refractivity contribution < 1.29 is 18.1 Å². The van der Waals surface area contributed by atoms with E-state index < -0.39 is 21.9 Å². The van der Waals surface area contributed by atoms with Crippen LogP contribution in [-0.4, -0.2) is 33.8 Å². The molecule has 1 aliphatic heterocycles. The molecule has 21 heavy (non-hydrogen) atoms. The van der Waals surface area contributed by atoms with Gasteiger partial charge >= 0.3 is 0 Å². The van der Waals surface area contributed by atoms with Crippen LogP contribution in [0.1, 0.15) is 19.8 Å². The summed E-state index contributed by atoms with van der Waals surface area (Å²) in [6.45, 7) is 2.80. The molecule has 5 nitrogen and oxygen atoms in total. The minimum absolute atomic E-state index is 0.0159. The van der Waals surface area contributed by atoms with Gasteiger partial charge in [-0.05, 0) is 38.0 Å². The smallest absolute Gasteiger partial charge is 0.239 e. The molecule has 116 valence electrons. The zero-order chi connectivity index (χ0) is 15.4. The number of anilines is 2. The van der Waals surface area contributed by atoms with E-state index in [1.807, 2.05) is 0 Å². The van der Waals surface area contributed by atoms with Gasteiger partial charge in [0.1, 0.15) is 11.1 Å². The molecular formula is C14H19FN2O3S. The number of carbonyl (C=O) groups excluding carboxylic acids is 1. The quantitative estimate of drug-likeness (QED) is 0.828. The molecule has 1 aromatic rings. The van der Waals surface area contributed by atoms with E-state index in [1.54, 1.807) is 6.92 Å². The second kappa shape index (κ2) is 7.00. The lowest BCUT2D eigenvalue weighted by Crippen LogP contribution is -2.36. The van der Waals surface area contributed by atoms with Crippen LogP contribution < -0.4 is 11.1 Å². The van der Waals surface area contributed by atoms with E-state index in [1.165, 1.54) is 18.2 Å². The van der Waals surface area contributed by atoms with Crippen LogP contribution in [0.25, 0.3) is 0 Å². The average Bonchev–Trinajstić information content (AvgIpc) is 2.50. The van der Waals surface area contributed by atoms with Gasteiger partial charge in [-0.15, -0.1) is 0 Å². The lowest BCUT2D eigenvalue weighted by atomic mass is 10.2. The number of nitrogen functional groups attached to an aromatic ring is 1. The van der Waals surface area contributed by atoms with Crippen molar-refractivity contribution in [1.29, 1.82) is 0 Å². The Bertz CT molecular complexity index is 547. The highest BCUT2D eigenvalue weighted by Crippen LogP contribution is 2.19. The Morgan fingerprint density at radius 1 is 1.48 bits per heavy atom. The summed E-state index contributed by atoms with van der Waals surface area (Å²) in [5.74, 6) is -0.891. The van der Waals surface area contributed by atoms with Crippen molar-refractivity contribution >= 4 is 28.1 Å². The Morgan fingerprint density at radius 3 is 2.76 bits per heavy atom. The first-order valence-corrected chi connectivity index (χ1v) is 8.09. The molecule has 0 saturated carbocycles. The van der Waals surface area contributed by atoms with Crippen LogP contribution in [0, 0.1) is 5.82 Å². The number of hydrogen-bond acceptors (Lipinski definition) is 4. The zero-order valence-electron chi connectivity index (χ0n) is 11.8. The van der Waals surface area contributed by atoms with E-state index in [2.05, 4.69) is 5.32 Å². The summed E-state index contributed by atoms with van der Waals surface area (Å²) in [5.41, 5.74) is 5.81. The van der Waals surface area contributed by atoms with E-state index in [-0.39, 0.29) is 16.8 Å². The molecule has 2 atom stereocenters. The maximum Gasteiger partial charge on any atom is 0.239 e. The molecule has 2 unspecified atom stereocenters. The topological polar surface area (TPSA) is 81.4 Å². The van der Waals surface area contributed by atoms with Crippen LogP contribution in [0.5, 0.6) is 0 Å². The molecule has 7 heteroatoms. The maximum atomic E-state index is 13.1. The largest absolute Gasteiger partial charge is 0.396 e.